The average Bonchev–Trinajstić information content (AvgIpc) is 2.69. The standard InChI is InChI=1S/C13H10N2O/c14-11-12-10(7-4-8-15-12)16-13(11)9-5-2-1-3-6-9/h1-8H,14H2. The zero-order valence-corrected chi connectivity index (χ0v) is 8.55. The molecule has 0 saturated carbocycles. The lowest BCUT2D eigenvalue weighted by Gasteiger charge is -1.96. The normalized spacial score (nSPS) is 10.8. The van der Waals surface area contributed by atoms with E-state index in [1.54, 1.807) is 6.20 Å². The summed E-state index contributed by atoms with van der Waals surface area (Å²) >= 11 is 0. The van der Waals surface area contributed by atoms with Crippen LogP contribution in [0, 0.1) is 0 Å². The summed E-state index contributed by atoms with van der Waals surface area (Å²) < 4.78 is 5.70. The van der Waals surface area contributed by atoms with Crippen molar-refractivity contribution < 1.29 is 4.42 Å². The first-order valence-electron chi connectivity index (χ1n) is 5.04. The van der Waals surface area contributed by atoms with Gasteiger partial charge in [0.25, 0.3) is 0 Å². The van der Waals surface area contributed by atoms with Crippen LogP contribution in [0.15, 0.2) is 53.1 Å². The number of benzene rings is 1. The summed E-state index contributed by atoms with van der Waals surface area (Å²) in [6.07, 6.45) is 1.71. The second kappa shape index (κ2) is 3.38. The Kier molecular flexibility index (Phi) is 1.90. The highest BCUT2D eigenvalue weighted by molar-refractivity contribution is 5.94. The van der Waals surface area contributed by atoms with Crippen LogP contribution in [0.25, 0.3) is 22.4 Å². The first-order valence-corrected chi connectivity index (χ1v) is 5.04. The van der Waals surface area contributed by atoms with Gasteiger partial charge in [-0.05, 0) is 12.1 Å². The Hall–Kier alpha value is -2.29. The summed E-state index contributed by atoms with van der Waals surface area (Å²) in [6, 6.07) is 13.5. The van der Waals surface area contributed by atoms with Crippen molar-refractivity contribution in [3.8, 4) is 11.3 Å². The smallest absolute Gasteiger partial charge is 0.160 e. The van der Waals surface area contributed by atoms with E-state index in [4.69, 9.17) is 10.2 Å². The Balaban J connectivity index is 2.29. The highest BCUT2D eigenvalue weighted by atomic mass is 16.3. The third-order valence-electron chi connectivity index (χ3n) is 2.52. The van der Waals surface area contributed by atoms with Crippen molar-refractivity contribution in [3.63, 3.8) is 0 Å². The maximum absolute atomic E-state index is 6.01. The third kappa shape index (κ3) is 1.26. The lowest BCUT2D eigenvalue weighted by Crippen LogP contribution is -1.86. The predicted octanol–water partition coefficient (Wildman–Crippen LogP) is 3.08. The molecule has 3 rings (SSSR count). The van der Waals surface area contributed by atoms with Gasteiger partial charge in [0.15, 0.2) is 11.3 Å². The van der Waals surface area contributed by atoms with E-state index in [1.807, 2.05) is 42.5 Å². The summed E-state index contributed by atoms with van der Waals surface area (Å²) in [4.78, 5) is 4.21. The first kappa shape index (κ1) is 8.97. The molecule has 78 valence electrons. The Morgan fingerprint density at radius 3 is 2.56 bits per heavy atom. The molecule has 0 amide bonds. The summed E-state index contributed by atoms with van der Waals surface area (Å²) in [5.41, 5.74) is 9.03. The molecule has 0 fully saturated rings. The van der Waals surface area contributed by atoms with Crippen LogP contribution in [-0.2, 0) is 0 Å². The van der Waals surface area contributed by atoms with Crippen molar-refractivity contribution in [2.24, 2.45) is 0 Å². The number of hydrogen-bond donors (Lipinski definition) is 1. The van der Waals surface area contributed by atoms with E-state index < -0.39 is 0 Å². The van der Waals surface area contributed by atoms with E-state index in [0.29, 0.717) is 11.4 Å². The van der Waals surface area contributed by atoms with E-state index >= 15 is 0 Å². The molecule has 0 aliphatic carbocycles. The van der Waals surface area contributed by atoms with Crippen LogP contribution in [0.2, 0.25) is 0 Å². The summed E-state index contributed by atoms with van der Waals surface area (Å²) in [7, 11) is 0. The minimum absolute atomic E-state index is 0.599. The Bertz CT molecular complexity index is 629. The van der Waals surface area contributed by atoms with Gasteiger partial charge in [0, 0.05) is 11.8 Å². The number of pyridine rings is 1. The minimum Gasteiger partial charge on any atom is -0.452 e. The van der Waals surface area contributed by atoms with Gasteiger partial charge in [-0.25, -0.2) is 0 Å². The minimum atomic E-state index is 0.599. The molecule has 0 saturated heterocycles. The van der Waals surface area contributed by atoms with E-state index in [0.717, 1.165) is 16.7 Å². The van der Waals surface area contributed by atoms with Crippen LogP contribution in [0.5, 0.6) is 0 Å². The van der Waals surface area contributed by atoms with Gasteiger partial charge in [0.05, 0.1) is 0 Å². The molecule has 2 heterocycles. The zero-order chi connectivity index (χ0) is 11.0. The fourth-order valence-corrected chi connectivity index (χ4v) is 1.75. The van der Waals surface area contributed by atoms with Gasteiger partial charge < -0.3 is 10.2 Å². The van der Waals surface area contributed by atoms with E-state index in [2.05, 4.69) is 4.98 Å². The fourth-order valence-electron chi connectivity index (χ4n) is 1.75. The van der Waals surface area contributed by atoms with Crippen LogP contribution in [-0.4, -0.2) is 4.98 Å². The lowest BCUT2D eigenvalue weighted by atomic mass is 10.1. The van der Waals surface area contributed by atoms with Crippen LogP contribution in [0.4, 0.5) is 5.69 Å². The van der Waals surface area contributed by atoms with Gasteiger partial charge in [-0.1, -0.05) is 30.3 Å². The number of aromatic nitrogens is 1. The summed E-state index contributed by atoms with van der Waals surface area (Å²) in [5.74, 6) is 0.689. The van der Waals surface area contributed by atoms with E-state index in [9.17, 15) is 0 Å². The fraction of sp³-hybridized carbons (Fsp3) is 0. The number of nitrogens with zero attached hydrogens (tertiary/aromatic N) is 1. The topological polar surface area (TPSA) is 52.0 Å². The monoisotopic (exact) mass is 210 g/mol. The van der Waals surface area contributed by atoms with Crippen molar-refractivity contribution in [1.29, 1.82) is 0 Å². The van der Waals surface area contributed by atoms with Crippen LogP contribution in [0.1, 0.15) is 0 Å². The highest BCUT2D eigenvalue weighted by Gasteiger charge is 2.12. The molecule has 2 N–H and O–H groups in total. The Morgan fingerprint density at radius 2 is 1.81 bits per heavy atom. The third-order valence-corrected chi connectivity index (χ3v) is 2.52. The Morgan fingerprint density at radius 1 is 1.00 bits per heavy atom. The molecule has 0 radical (unpaired) electrons. The molecule has 3 nitrogen and oxygen atoms in total. The van der Waals surface area contributed by atoms with Gasteiger partial charge in [0.1, 0.15) is 11.2 Å². The van der Waals surface area contributed by atoms with Crippen molar-refractivity contribution in [2.45, 2.75) is 0 Å². The van der Waals surface area contributed by atoms with Crippen molar-refractivity contribution in [2.75, 3.05) is 5.73 Å². The van der Waals surface area contributed by atoms with Crippen molar-refractivity contribution >= 4 is 16.8 Å². The SMILES string of the molecule is Nc1c(-c2ccccc2)oc2cccnc12. The van der Waals surface area contributed by atoms with Gasteiger partial charge in [-0.15, -0.1) is 0 Å². The number of anilines is 1. The molecule has 0 aliphatic heterocycles. The van der Waals surface area contributed by atoms with E-state index in [-0.39, 0.29) is 0 Å². The van der Waals surface area contributed by atoms with Gasteiger partial charge >= 0.3 is 0 Å². The maximum atomic E-state index is 6.01. The van der Waals surface area contributed by atoms with Crippen LogP contribution in [0.3, 0.4) is 0 Å². The molecule has 0 unspecified atom stereocenters. The highest BCUT2D eigenvalue weighted by Crippen LogP contribution is 2.33. The van der Waals surface area contributed by atoms with Crippen LogP contribution < -0.4 is 5.73 Å². The molecule has 2 aromatic heterocycles. The first-order chi connectivity index (χ1) is 7.86. The largest absolute Gasteiger partial charge is 0.452 e. The summed E-state index contributed by atoms with van der Waals surface area (Å²) in [6.45, 7) is 0. The molecular formula is C13H10N2O. The molecule has 0 bridgehead atoms. The molecule has 0 atom stereocenters. The molecule has 0 aliphatic rings. The number of nitrogen functional groups attached to an aromatic ring is 1. The van der Waals surface area contributed by atoms with E-state index in [1.165, 1.54) is 0 Å². The van der Waals surface area contributed by atoms with Gasteiger partial charge in [-0.3, -0.25) is 4.98 Å². The molecule has 16 heavy (non-hydrogen) atoms. The number of nitrogens with two attached hydrogens (primary N) is 1. The molecular weight excluding hydrogens is 200 g/mol. The molecule has 1 aromatic carbocycles. The molecule has 3 heteroatoms. The van der Waals surface area contributed by atoms with Gasteiger partial charge in [-0.2, -0.15) is 0 Å². The number of furan rings is 1. The number of hydrogen-bond acceptors (Lipinski definition) is 3. The molecule has 0 spiro atoms. The zero-order valence-electron chi connectivity index (χ0n) is 8.55. The second-order valence-electron chi connectivity index (χ2n) is 3.56. The molecule has 3 aromatic rings. The Labute approximate surface area is 92.5 Å². The maximum Gasteiger partial charge on any atom is 0.160 e. The van der Waals surface area contributed by atoms with Crippen LogP contribution >= 0.6 is 0 Å². The van der Waals surface area contributed by atoms with Crippen molar-refractivity contribution in [1.82, 2.24) is 4.98 Å². The quantitative estimate of drug-likeness (QED) is 0.671. The second-order valence-corrected chi connectivity index (χ2v) is 3.56. The summed E-state index contributed by atoms with van der Waals surface area (Å²) in [5, 5.41) is 0. The predicted molar refractivity (Wildman–Crippen MR) is 63.9 cm³/mol. The van der Waals surface area contributed by atoms with Crippen molar-refractivity contribution in [3.05, 3.63) is 48.7 Å². The lowest BCUT2D eigenvalue weighted by molar-refractivity contribution is 0.632. The average molecular weight is 210 g/mol. The van der Waals surface area contributed by atoms with Gasteiger partial charge in [0.2, 0.25) is 0 Å². The number of rotatable bonds is 1. The number of fused-ring (bicyclic) bond motifs is 1.